The van der Waals surface area contributed by atoms with Gasteiger partial charge in [0.15, 0.2) is 0 Å². The lowest BCUT2D eigenvalue weighted by Crippen LogP contribution is -2.33. The Kier molecular flexibility index (Phi) is 5.17. The number of halogens is 1. The fourth-order valence-electron chi connectivity index (χ4n) is 4.98. The highest BCUT2D eigenvalue weighted by atomic mass is 35.5. The normalized spacial score (nSPS) is 24.4. The van der Waals surface area contributed by atoms with Crippen molar-refractivity contribution in [3.05, 3.63) is 64.7 Å². The summed E-state index contributed by atoms with van der Waals surface area (Å²) >= 11 is 1.61. The molecule has 2 aromatic carbocycles. The number of nitrogens with zero attached hydrogens (tertiary/aromatic N) is 3. The van der Waals surface area contributed by atoms with E-state index >= 15 is 0 Å². The van der Waals surface area contributed by atoms with Gasteiger partial charge in [0, 0.05) is 37.2 Å². The van der Waals surface area contributed by atoms with Gasteiger partial charge in [0.25, 0.3) is 5.91 Å². The molecule has 0 aliphatic carbocycles. The van der Waals surface area contributed by atoms with Crippen LogP contribution < -0.4 is 0 Å². The highest BCUT2D eigenvalue weighted by Crippen LogP contribution is 2.45. The second-order valence-electron chi connectivity index (χ2n) is 7.91. The number of rotatable bonds is 2. The second-order valence-corrected chi connectivity index (χ2v) is 8.80. The SMILES string of the molecule is Cc1ccccc1[C@H]1[C@@H]2CN(C(=O)c3ccc4scnc4c3)C[C@@H]2CN1C.Cl. The Morgan fingerprint density at radius 2 is 1.96 bits per heavy atom. The Morgan fingerprint density at radius 1 is 1.14 bits per heavy atom. The van der Waals surface area contributed by atoms with Crippen LogP contribution in [-0.2, 0) is 0 Å². The predicted octanol–water partition coefficient (Wildman–Crippen LogP) is 4.40. The number of thiazole rings is 1. The molecule has 2 aliphatic heterocycles. The topological polar surface area (TPSA) is 36.4 Å². The smallest absolute Gasteiger partial charge is 0.253 e. The fourth-order valence-corrected chi connectivity index (χ4v) is 5.64. The van der Waals surface area contributed by atoms with Gasteiger partial charge in [-0.05, 0) is 49.2 Å². The average molecular weight is 414 g/mol. The number of hydrogen-bond donors (Lipinski definition) is 0. The third-order valence-corrected chi connectivity index (χ3v) is 7.08. The molecule has 2 aliphatic rings. The molecule has 0 unspecified atom stereocenters. The third kappa shape index (κ3) is 3.11. The van der Waals surface area contributed by atoms with Gasteiger partial charge >= 0.3 is 0 Å². The summed E-state index contributed by atoms with van der Waals surface area (Å²) in [4.78, 5) is 22.0. The molecule has 0 saturated carbocycles. The van der Waals surface area contributed by atoms with Crippen molar-refractivity contribution in [1.29, 1.82) is 0 Å². The van der Waals surface area contributed by atoms with Crippen molar-refractivity contribution in [2.45, 2.75) is 13.0 Å². The molecule has 1 aromatic heterocycles. The van der Waals surface area contributed by atoms with Gasteiger partial charge in [-0.25, -0.2) is 4.98 Å². The molecule has 28 heavy (non-hydrogen) atoms. The standard InChI is InChI=1S/C22H23N3OS.ClH/c1-14-5-3-4-6-17(14)21-18-12-25(11-16(18)10-24(21)2)22(26)15-7-8-20-19(9-15)23-13-27-20;/h3-9,13,16,18,21H,10-12H2,1-2H3;1H/t16-,18+,21-;/m0./s1. The van der Waals surface area contributed by atoms with Crippen molar-refractivity contribution in [3.63, 3.8) is 0 Å². The molecule has 2 fully saturated rings. The van der Waals surface area contributed by atoms with Crippen molar-refractivity contribution in [2.75, 3.05) is 26.7 Å². The highest BCUT2D eigenvalue weighted by molar-refractivity contribution is 7.16. The molecule has 3 atom stereocenters. The lowest BCUT2D eigenvalue weighted by Gasteiger charge is -2.28. The Labute approximate surface area is 175 Å². The maximum absolute atomic E-state index is 13.1. The van der Waals surface area contributed by atoms with Crippen molar-refractivity contribution in [1.82, 2.24) is 14.8 Å². The average Bonchev–Trinajstić information content (AvgIpc) is 3.35. The zero-order chi connectivity index (χ0) is 18.5. The van der Waals surface area contributed by atoms with E-state index in [4.69, 9.17) is 0 Å². The van der Waals surface area contributed by atoms with Crippen molar-refractivity contribution < 1.29 is 4.79 Å². The van der Waals surface area contributed by atoms with E-state index in [1.165, 1.54) is 11.1 Å². The number of benzene rings is 2. The van der Waals surface area contributed by atoms with Gasteiger partial charge in [0.05, 0.1) is 15.7 Å². The van der Waals surface area contributed by atoms with E-state index in [2.05, 4.69) is 53.0 Å². The van der Waals surface area contributed by atoms with E-state index in [1.807, 2.05) is 23.7 Å². The maximum Gasteiger partial charge on any atom is 0.253 e. The van der Waals surface area contributed by atoms with Gasteiger partial charge in [-0.2, -0.15) is 0 Å². The first-order valence-corrected chi connectivity index (χ1v) is 10.4. The van der Waals surface area contributed by atoms with E-state index in [9.17, 15) is 4.79 Å². The van der Waals surface area contributed by atoms with Gasteiger partial charge in [-0.3, -0.25) is 9.69 Å². The minimum atomic E-state index is 0. The monoisotopic (exact) mass is 413 g/mol. The molecule has 0 N–H and O–H groups in total. The van der Waals surface area contributed by atoms with Crippen LogP contribution in [0.25, 0.3) is 10.2 Å². The number of likely N-dealkylation sites (tertiary alicyclic amines) is 2. The van der Waals surface area contributed by atoms with Gasteiger partial charge < -0.3 is 4.90 Å². The molecule has 1 amide bonds. The van der Waals surface area contributed by atoms with Gasteiger partial charge in [0.1, 0.15) is 0 Å². The van der Waals surface area contributed by atoms with Gasteiger partial charge in [-0.1, -0.05) is 24.3 Å². The van der Waals surface area contributed by atoms with E-state index in [0.29, 0.717) is 17.9 Å². The lowest BCUT2D eigenvalue weighted by molar-refractivity contribution is 0.0768. The number of aryl methyl sites for hydroxylation is 1. The van der Waals surface area contributed by atoms with Crippen LogP contribution in [0.2, 0.25) is 0 Å². The van der Waals surface area contributed by atoms with Crippen LogP contribution in [0.3, 0.4) is 0 Å². The number of hydrogen-bond acceptors (Lipinski definition) is 4. The van der Waals surface area contributed by atoms with Crippen LogP contribution in [0.1, 0.15) is 27.5 Å². The molecule has 6 heteroatoms. The van der Waals surface area contributed by atoms with E-state index in [0.717, 1.165) is 35.4 Å². The summed E-state index contributed by atoms with van der Waals surface area (Å²) in [6.07, 6.45) is 0. The number of carbonyl (C=O) groups excluding carboxylic acids is 1. The van der Waals surface area contributed by atoms with Crippen molar-refractivity contribution >= 4 is 39.9 Å². The Bertz CT molecular complexity index is 1020. The molecule has 0 spiro atoms. The van der Waals surface area contributed by atoms with Crippen molar-refractivity contribution in [2.24, 2.45) is 11.8 Å². The molecule has 3 heterocycles. The summed E-state index contributed by atoms with van der Waals surface area (Å²) in [5.41, 5.74) is 6.26. The van der Waals surface area contributed by atoms with Crippen LogP contribution in [0.5, 0.6) is 0 Å². The summed E-state index contributed by atoms with van der Waals surface area (Å²) in [6, 6.07) is 15.0. The van der Waals surface area contributed by atoms with Crippen LogP contribution >= 0.6 is 23.7 Å². The number of carbonyl (C=O) groups is 1. The zero-order valence-electron chi connectivity index (χ0n) is 16.0. The number of fused-ring (bicyclic) bond motifs is 2. The van der Waals surface area contributed by atoms with E-state index in [-0.39, 0.29) is 18.3 Å². The van der Waals surface area contributed by atoms with Crippen LogP contribution in [0.4, 0.5) is 0 Å². The summed E-state index contributed by atoms with van der Waals surface area (Å²) in [7, 11) is 2.22. The summed E-state index contributed by atoms with van der Waals surface area (Å²) in [5.74, 6) is 1.19. The lowest BCUT2D eigenvalue weighted by atomic mass is 9.88. The first kappa shape index (κ1) is 19.4. The fraction of sp³-hybridized carbons (Fsp3) is 0.364. The van der Waals surface area contributed by atoms with Crippen molar-refractivity contribution in [3.8, 4) is 0 Å². The van der Waals surface area contributed by atoms with Gasteiger partial charge in [-0.15, -0.1) is 23.7 Å². The summed E-state index contributed by atoms with van der Waals surface area (Å²) < 4.78 is 1.13. The Morgan fingerprint density at radius 3 is 2.79 bits per heavy atom. The molecular formula is C22H24ClN3OS. The molecule has 5 rings (SSSR count). The summed E-state index contributed by atoms with van der Waals surface area (Å²) in [6.45, 7) is 4.93. The highest BCUT2D eigenvalue weighted by Gasteiger charge is 2.47. The van der Waals surface area contributed by atoms with Gasteiger partial charge in [0.2, 0.25) is 0 Å². The molecule has 0 bridgehead atoms. The number of amides is 1. The zero-order valence-corrected chi connectivity index (χ0v) is 17.7. The predicted molar refractivity (Wildman–Crippen MR) is 116 cm³/mol. The largest absolute Gasteiger partial charge is 0.338 e. The minimum Gasteiger partial charge on any atom is -0.338 e. The molecule has 3 aromatic rings. The second kappa shape index (κ2) is 7.47. The minimum absolute atomic E-state index is 0. The number of aromatic nitrogens is 1. The first-order chi connectivity index (χ1) is 13.1. The molecule has 146 valence electrons. The third-order valence-electron chi connectivity index (χ3n) is 6.27. The molecular weight excluding hydrogens is 390 g/mol. The molecule has 2 saturated heterocycles. The van der Waals surface area contributed by atoms with E-state index < -0.39 is 0 Å². The first-order valence-electron chi connectivity index (χ1n) is 9.50. The van der Waals surface area contributed by atoms with Crippen LogP contribution in [0, 0.1) is 18.8 Å². The maximum atomic E-state index is 13.1. The summed E-state index contributed by atoms with van der Waals surface area (Å²) in [5, 5.41) is 0. The quantitative estimate of drug-likeness (QED) is 0.624. The molecule has 0 radical (unpaired) electrons. The Balaban J connectivity index is 0.00000192. The van der Waals surface area contributed by atoms with Crippen LogP contribution in [0.15, 0.2) is 48.0 Å². The van der Waals surface area contributed by atoms with Crippen LogP contribution in [-0.4, -0.2) is 47.4 Å². The molecule has 4 nitrogen and oxygen atoms in total. The van der Waals surface area contributed by atoms with E-state index in [1.54, 1.807) is 11.3 Å². The Hall–Kier alpha value is -1.95.